The molecule has 40 heavy (non-hydrogen) atoms. The second kappa shape index (κ2) is 14.8. The van der Waals surface area contributed by atoms with E-state index in [1.807, 2.05) is 48.5 Å². The summed E-state index contributed by atoms with van der Waals surface area (Å²) in [7, 11) is 0. The summed E-state index contributed by atoms with van der Waals surface area (Å²) in [6.07, 6.45) is 12.5. The highest BCUT2D eigenvalue weighted by Gasteiger charge is 2.64. The predicted molar refractivity (Wildman–Crippen MR) is 154 cm³/mol. The van der Waals surface area contributed by atoms with Crippen LogP contribution in [0.5, 0.6) is 11.5 Å². The number of nitriles is 4. The van der Waals surface area contributed by atoms with Crippen molar-refractivity contribution in [2.45, 2.75) is 77.0 Å². The summed E-state index contributed by atoms with van der Waals surface area (Å²) in [5.41, 5.74) is -2.49. The number of unbranched alkanes of at least 4 members (excludes halogenated alkanes) is 6. The van der Waals surface area contributed by atoms with Gasteiger partial charge in [-0.15, -0.1) is 0 Å². The molecule has 0 saturated heterocycles. The minimum Gasteiger partial charge on any atom is -0.494 e. The number of hydrogen-bond acceptors (Lipinski definition) is 6. The average Bonchev–Trinajstić information content (AvgIpc) is 3.00. The van der Waals surface area contributed by atoms with E-state index in [2.05, 4.69) is 38.1 Å². The average molecular weight is 535 g/mol. The molecule has 3 rings (SSSR count). The second-order valence-corrected chi connectivity index (χ2v) is 10.4. The van der Waals surface area contributed by atoms with Crippen LogP contribution in [0.3, 0.4) is 0 Å². The van der Waals surface area contributed by atoms with Crippen molar-refractivity contribution < 1.29 is 9.47 Å². The van der Waals surface area contributed by atoms with E-state index in [0.717, 1.165) is 38.5 Å². The van der Waals surface area contributed by atoms with Gasteiger partial charge in [0.05, 0.1) is 37.5 Å². The Morgan fingerprint density at radius 1 is 0.550 bits per heavy atom. The molecule has 0 heterocycles. The maximum absolute atomic E-state index is 10.4. The molecule has 0 bridgehead atoms. The smallest absolute Gasteiger partial charge is 0.186 e. The third-order valence-electron chi connectivity index (χ3n) is 7.77. The molecule has 0 aromatic heterocycles. The van der Waals surface area contributed by atoms with E-state index in [4.69, 9.17) is 9.47 Å². The van der Waals surface area contributed by atoms with E-state index in [9.17, 15) is 21.0 Å². The predicted octanol–water partition coefficient (Wildman–Crippen LogP) is 8.11. The molecule has 0 aliphatic heterocycles. The SMILES string of the molecule is CCCCCCOc1ccc([C@H]2C=C[C@@H](c3ccc(OCCCCCC)cc3)C(C#N)(C#N)C2(C#N)C#N)cc1. The van der Waals surface area contributed by atoms with Crippen LogP contribution in [0.25, 0.3) is 0 Å². The second-order valence-electron chi connectivity index (χ2n) is 10.4. The van der Waals surface area contributed by atoms with Crippen molar-refractivity contribution in [2.75, 3.05) is 13.2 Å². The van der Waals surface area contributed by atoms with Crippen molar-refractivity contribution in [3.8, 4) is 35.8 Å². The zero-order valence-corrected chi connectivity index (χ0v) is 23.6. The quantitative estimate of drug-likeness (QED) is 0.179. The summed E-state index contributed by atoms with van der Waals surface area (Å²) in [4.78, 5) is 0. The van der Waals surface area contributed by atoms with Crippen molar-refractivity contribution in [1.82, 2.24) is 0 Å². The Labute approximate surface area is 239 Å². The molecule has 0 unspecified atom stereocenters. The van der Waals surface area contributed by atoms with Crippen LogP contribution in [0.4, 0.5) is 0 Å². The monoisotopic (exact) mass is 534 g/mol. The number of allylic oxidation sites excluding steroid dienone is 2. The number of nitrogens with zero attached hydrogens (tertiary/aromatic N) is 4. The molecule has 6 nitrogen and oxygen atoms in total. The molecule has 0 N–H and O–H groups in total. The molecule has 1 aliphatic rings. The first-order valence-electron chi connectivity index (χ1n) is 14.3. The van der Waals surface area contributed by atoms with Gasteiger partial charge >= 0.3 is 0 Å². The number of benzene rings is 2. The van der Waals surface area contributed by atoms with Crippen LogP contribution >= 0.6 is 0 Å². The Bertz CT molecular complexity index is 1160. The minimum atomic E-state index is -1.92. The van der Waals surface area contributed by atoms with Gasteiger partial charge in [-0.05, 0) is 48.2 Å². The molecule has 2 aromatic carbocycles. The normalized spacial score (nSPS) is 18.4. The minimum absolute atomic E-state index is 0.624. The van der Waals surface area contributed by atoms with Crippen LogP contribution in [0.15, 0.2) is 60.7 Å². The van der Waals surface area contributed by atoms with Crippen LogP contribution in [0.2, 0.25) is 0 Å². The first-order valence-corrected chi connectivity index (χ1v) is 14.3. The molecule has 2 atom stereocenters. The molecular weight excluding hydrogens is 496 g/mol. The Balaban J connectivity index is 1.87. The van der Waals surface area contributed by atoms with Gasteiger partial charge in [-0.2, -0.15) is 21.0 Å². The van der Waals surface area contributed by atoms with Crippen molar-refractivity contribution in [3.05, 3.63) is 71.8 Å². The molecule has 0 radical (unpaired) electrons. The Hall–Kier alpha value is -4.26. The topological polar surface area (TPSA) is 114 Å². The number of hydrogen-bond donors (Lipinski definition) is 0. The molecule has 6 heteroatoms. The van der Waals surface area contributed by atoms with E-state index in [1.165, 1.54) is 12.8 Å². The first-order chi connectivity index (χ1) is 19.5. The van der Waals surface area contributed by atoms with E-state index in [0.29, 0.717) is 35.8 Å². The fourth-order valence-corrected chi connectivity index (χ4v) is 5.39. The van der Waals surface area contributed by atoms with Gasteiger partial charge < -0.3 is 9.47 Å². The largest absolute Gasteiger partial charge is 0.494 e. The van der Waals surface area contributed by atoms with E-state index >= 15 is 0 Å². The zero-order chi connectivity index (χ0) is 28.8. The lowest BCUT2D eigenvalue weighted by atomic mass is 9.50. The highest BCUT2D eigenvalue weighted by molar-refractivity contribution is 5.53. The van der Waals surface area contributed by atoms with Gasteiger partial charge in [-0.25, -0.2) is 0 Å². The van der Waals surface area contributed by atoms with E-state index < -0.39 is 22.7 Å². The lowest BCUT2D eigenvalue weighted by molar-refractivity contribution is 0.231. The van der Waals surface area contributed by atoms with Gasteiger partial charge in [0.15, 0.2) is 10.8 Å². The van der Waals surface area contributed by atoms with Crippen LogP contribution in [-0.2, 0) is 0 Å². The Kier molecular flexibility index (Phi) is 11.2. The summed E-state index contributed by atoms with van der Waals surface area (Å²) < 4.78 is 11.7. The molecule has 0 saturated carbocycles. The Morgan fingerprint density at radius 2 is 0.900 bits per heavy atom. The van der Waals surface area contributed by atoms with E-state index in [-0.39, 0.29) is 0 Å². The number of ether oxygens (including phenoxy) is 2. The van der Waals surface area contributed by atoms with Crippen molar-refractivity contribution in [1.29, 1.82) is 21.0 Å². The highest BCUT2D eigenvalue weighted by atomic mass is 16.5. The summed E-state index contributed by atoms with van der Waals surface area (Å²) in [6.45, 7) is 5.58. The van der Waals surface area contributed by atoms with Crippen LogP contribution < -0.4 is 9.47 Å². The van der Waals surface area contributed by atoms with Gasteiger partial charge in [0.2, 0.25) is 0 Å². The third kappa shape index (κ3) is 6.30. The zero-order valence-electron chi connectivity index (χ0n) is 23.6. The van der Waals surface area contributed by atoms with Crippen LogP contribution in [-0.4, -0.2) is 13.2 Å². The van der Waals surface area contributed by atoms with Crippen molar-refractivity contribution in [2.24, 2.45) is 10.8 Å². The van der Waals surface area contributed by atoms with Crippen molar-refractivity contribution in [3.63, 3.8) is 0 Å². The highest BCUT2D eigenvalue weighted by Crippen LogP contribution is 2.59. The van der Waals surface area contributed by atoms with Gasteiger partial charge in [0, 0.05) is 11.8 Å². The van der Waals surface area contributed by atoms with Crippen molar-refractivity contribution >= 4 is 0 Å². The standard InChI is InChI=1S/C34H38N4O2/c1-3-5-7-9-21-39-29-15-11-27(12-16-29)31-19-20-32(34(25-37,26-38)33(31,23-35)24-36)28-13-17-30(18-14-28)40-22-10-8-6-4-2/h11-20,31-32H,3-10,21-22H2,1-2H3/t31-,32+. The number of rotatable bonds is 14. The molecule has 1 aliphatic carbocycles. The van der Waals surface area contributed by atoms with Crippen LogP contribution in [0, 0.1) is 56.2 Å². The molecule has 206 valence electrons. The van der Waals surface area contributed by atoms with Crippen LogP contribution in [0.1, 0.15) is 88.2 Å². The Morgan fingerprint density at radius 3 is 1.20 bits per heavy atom. The first kappa shape index (κ1) is 30.3. The maximum Gasteiger partial charge on any atom is 0.186 e. The summed E-state index contributed by atoms with van der Waals surface area (Å²) in [5.74, 6) is -0.112. The summed E-state index contributed by atoms with van der Waals surface area (Å²) >= 11 is 0. The van der Waals surface area contributed by atoms with Gasteiger partial charge in [0.25, 0.3) is 0 Å². The fourth-order valence-electron chi connectivity index (χ4n) is 5.39. The third-order valence-corrected chi connectivity index (χ3v) is 7.77. The van der Waals surface area contributed by atoms with Gasteiger partial charge in [0.1, 0.15) is 11.5 Å². The lowest BCUT2D eigenvalue weighted by Gasteiger charge is -2.43. The fraction of sp³-hybridized carbons (Fsp3) is 0.471. The van der Waals surface area contributed by atoms with Gasteiger partial charge in [-0.1, -0.05) is 88.8 Å². The molecular formula is C34H38N4O2. The molecule has 0 spiro atoms. The van der Waals surface area contributed by atoms with E-state index in [1.54, 1.807) is 12.2 Å². The molecule has 0 fully saturated rings. The van der Waals surface area contributed by atoms with Gasteiger partial charge in [-0.3, -0.25) is 0 Å². The lowest BCUT2D eigenvalue weighted by Crippen LogP contribution is -2.48. The summed E-state index contributed by atoms with van der Waals surface area (Å²) in [5, 5.41) is 41.7. The summed E-state index contributed by atoms with van der Waals surface area (Å²) in [6, 6.07) is 23.0. The molecule has 0 amide bonds. The molecule has 2 aromatic rings. The maximum atomic E-state index is 10.4.